The Morgan fingerprint density at radius 1 is 1.54 bits per heavy atom. The van der Waals surface area contributed by atoms with Gasteiger partial charge >= 0.3 is 0 Å². The van der Waals surface area contributed by atoms with E-state index in [1.165, 1.54) is 6.42 Å². The van der Waals surface area contributed by atoms with E-state index >= 15 is 0 Å². The maximum atomic E-state index is 11.3. The van der Waals surface area contributed by atoms with Crippen LogP contribution in [0.25, 0.3) is 0 Å². The maximum absolute atomic E-state index is 11.3. The topological polar surface area (TPSA) is 32.3 Å². The van der Waals surface area contributed by atoms with Crippen molar-refractivity contribution in [3.63, 3.8) is 0 Å². The van der Waals surface area contributed by atoms with E-state index in [4.69, 9.17) is 0 Å². The summed E-state index contributed by atoms with van der Waals surface area (Å²) in [5.41, 5.74) is 0. The van der Waals surface area contributed by atoms with Crippen LogP contribution in [-0.2, 0) is 4.79 Å². The average molecular weight is 184 g/mol. The van der Waals surface area contributed by atoms with Crippen LogP contribution in [0, 0.1) is 0 Å². The van der Waals surface area contributed by atoms with Crippen molar-refractivity contribution in [3.8, 4) is 0 Å². The molecule has 0 saturated carbocycles. The number of Topliss-reactive ketones (excluding diaryl/α,β-unsaturated/α-hetero) is 1. The van der Waals surface area contributed by atoms with Gasteiger partial charge in [-0.3, -0.25) is 4.79 Å². The molecule has 0 amide bonds. The quantitative estimate of drug-likeness (QED) is 0.681. The Morgan fingerprint density at radius 2 is 2.31 bits per heavy atom. The summed E-state index contributed by atoms with van der Waals surface area (Å²) < 4.78 is 0. The van der Waals surface area contributed by atoms with Crippen LogP contribution >= 0.6 is 0 Å². The molecule has 0 bridgehead atoms. The van der Waals surface area contributed by atoms with E-state index in [0.717, 1.165) is 32.5 Å². The number of hydrogen-bond donors (Lipinski definition) is 1. The molecule has 1 aliphatic heterocycles. The maximum Gasteiger partial charge on any atom is 0.151 e. The molecule has 1 N–H and O–H groups in total. The molecule has 0 aromatic heterocycles. The summed E-state index contributed by atoms with van der Waals surface area (Å²) >= 11 is 0. The van der Waals surface area contributed by atoms with Crippen LogP contribution < -0.4 is 5.32 Å². The Hall–Kier alpha value is -0.410. The lowest BCUT2D eigenvalue weighted by Gasteiger charge is -2.17. The molecule has 76 valence electrons. The minimum Gasteiger partial charge on any atom is -0.307 e. The van der Waals surface area contributed by atoms with Crippen LogP contribution in [0.2, 0.25) is 0 Å². The van der Waals surface area contributed by atoms with Crippen LogP contribution in [0.4, 0.5) is 0 Å². The van der Waals surface area contributed by atoms with Gasteiger partial charge in [-0.05, 0) is 33.0 Å². The second kappa shape index (κ2) is 5.35. The van der Waals surface area contributed by atoms with Crippen molar-refractivity contribution in [1.29, 1.82) is 0 Å². The van der Waals surface area contributed by atoms with Gasteiger partial charge in [0.1, 0.15) is 0 Å². The first-order chi connectivity index (χ1) is 6.24. The summed E-state index contributed by atoms with van der Waals surface area (Å²) in [4.78, 5) is 13.5. The van der Waals surface area contributed by atoms with Crippen molar-refractivity contribution in [1.82, 2.24) is 10.2 Å². The van der Waals surface area contributed by atoms with E-state index in [9.17, 15) is 4.79 Å². The van der Waals surface area contributed by atoms with Gasteiger partial charge in [-0.15, -0.1) is 0 Å². The Bertz CT molecular complexity index is 170. The van der Waals surface area contributed by atoms with Crippen molar-refractivity contribution in [2.75, 3.05) is 26.7 Å². The number of ketones is 1. The highest BCUT2D eigenvalue weighted by Crippen LogP contribution is 2.05. The summed E-state index contributed by atoms with van der Waals surface area (Å²) in [6.07, 6.45) is 2.88. The van der Waals surface area contributed by atoms with Crippen molar-refractivity contribution < 1.29 is 4.79 Å². The summed E-state index contributed by atoms with van der Waals surface area (Å²) in [7, 11) is 2.11. The molecule has 0 aromatic carbocycles. The molecule has 1 rings (SSSR count). The summed E-state index contributed by atoms with van der Waals surface area (Å²) in [6.45, 7) is 5.20. The highest BCUT2D eigenvalue weighted by molar-refractivity contribution is 5.86. The average Bonchev–Trinajstić information content (AvgIpc) is 2.48. The number of nitrogens with zero attached hydrogens (tertiary/aromatic N) is 1. The zero-order valence-corrected chi connectivity index (χ0v) is 8.68. The molecular weight excluding hydrogens is 164 g/mol. The SMILES string of the molecule is CCCN(C)CCC1NCCC1=O. The van der Waals surface area contributed by atoms with E-state index in [2.05, 4.69) is 24.2 Å². The third-order valence-electron chi connectivity index (χ3n) is 2.56. The summed E-state index contributed by atoms with van der Waals surface area (Å²) in [6, 6.07) is 0.138. The van der Waals surface area contributed by atoms with Crippen molar-refractivity contribution in [2.24, 2.45) is 0 Å². The van der Waals surface area contributed by atoms with Gasteiger partial charge in [-0.2, -0.15) is 0 Å². The minimum atomic E-state index is 0.138. The normalized spacial score (nSPS) is 23.0. The molecule has 3 heteroatoms. The third kappa shape index (κ3) is 3.44. The predicted molar refractivity (Wildman–Crippen MR) is 53.8 cm³/mol. The molecule has 1 aliphatic rings. The van der Waals surface area contributed by atoms with Crippen LogP contribution in [-0.4, -0.2) is 43.4 Å². The van der Waals surface area contributed by atoms with Gasteiger partial charge in [0.05, 0.1) is 6.04 Å². The zero-order chi connectivity index (χ0) is 9.68. The third-order valence-corrected chi connectivity index (χ3v) is 2.56. The minimum absolute atomic E-state index is 0.138. The predicted octanol–water partition coefficient (Wildman–Crippen LogP) is 0.649. The number of nitrogens with one attached hydrogen (secondary N) is 1. The molecule has 3 nitrogen and oxygen atoms in total. The summed E-state index contributed by atoms with van der Waals surface area (Å²) in [5, 5.41) is 3.23. The van der Waals surface area contributed by atoms with Gasteiger partial charge in [0.15, 0.2) is 5.78 Å². The van der Waals surface area contributed by atoms with Gasteiger partial charge in [0.2, 0.25) is 0 Å². The molecule has 1 fully saturated rings. The smallest absolute Gasteiger partial charge is 0.151 e. The fourth-order valence-corrected chi connectivity index (χ4v) is 1.76. The van der Waals surface area contributed by atoms with E-state index in [1.807, 2.05) is 0 Å². The number of rotatable bonds is 5. The first kappa shape index (κ1) is 10.7. The van der Waals surface area contributed by atoms with Crippen LogP contribution in [0.5, 0.6) is 0 Å². The van der Waals surface area contributed by atoms with Crippen LogP contribution in [0.15, 0.2) is 0 Å². The fraction of sp³-hybridized carbons (Fsp3) is 0.900. The van der Waals surface area contributed by atoms with Gasteiger partial charge in [-0.1, -0.05) is 6.92 Å². The molecular formula is C10H20N2O. The van der Waals surface area contributed by atoms with Gasteiger partial charge in [0.25, 0.3) is 0 Å². The summed E-state index contributed by atoms with van der Waals surface area (Å²) in [5.74, 6) is 0.393. The molecule has 0 radical (unpaired) electrons. The Kier molecular flexibility index (Phi) is 4.39. The molecule has 0 aromatic rings. The lowest BCUT2D eigenvalue weighted by atomic mass is 10.1. The van der Waals surface area contributed by atoms with Crippen molar-refractivity contribution in [3.05, 3.63) is 0 Å². The van der Waals surface area contributed by atoms with Gasteiger partial charge < -0.3 is 10.2 Å². The number of hydrogen-bond acceptors (Lipinski definition) is 3. The van der Waals surface area contributed by atoms with E-state index in [0.29, 0.717) is 5.78 Å². The molecule has 0 spiro atoms. The molecule has 13 heavy (non-hydrogen) atoms. The number of carbonyl (C=O) groups is 1. The molecule has 1 heterocycles. The standard InChI is InChI=1S/C10H20N2O/c1-3-7-12(2)8-5-9-10(13)4-6-11-9/h9,11H,3-8H2,1-2H3. The van der Waals surface area contributed by atoms with Crippen molar-refractivity contribution >= 4 is 5.78 Å². The van der Waals surface area contributed by atoms with Gasteiger partial charge in [0, 0.05) is 13.0 Å². The second-order valence-corrected chi connectivity index (χ2v) is 3.81. The van der Waals surface area contributed by atoms with E-state index in [-0.39, 0.29) is 6.04 Å². The lowest BCUT2D eigenvalue weighted by Crippen LogP contribution is -2.32. The Labute approximate surface area is 80.5 Å². The van der Waals surface area contributed by atoms with Gasteiger partial charge in [-0.25, -0.2) is 0 Å². The molecule has 1 atom stereocenters. The first-order valence-electron chi connectivity index (χ1n) is 5.18. The van der Waals surface area contributed by atoms with E-state index in [1.54, 1.807) is 0 Å². The lowest BCUT2D eigenvalue weighted by molar-refractivity contribution is -0.118. The van der Waals surface area contributed by atoms with Crippen LogP contribution in [0.3, 0.4) is 0 Å². The second-order valence-electron chi connectivity index (χ2n) is 3.81. The Balaban J connectivity index is 2.14. The number of carbonyl (C=O) groups excluding carboxylic acids is 1. The van der Waals surface area contributed by atoms with Crippen LogP contribution in [0.1, 0.15) is 26.2 Å². The first-order valence-corrected chi connectivity index (χ1v) is 5.18. The van der Waals surface area contributed by atoms with Crippen molar-refractivity contribution in [2.45, 2.75) is 32.2 Å². The molecule has 0 aliphatic carbocycles. The largest absolute Gasteiger partial charge is 0.307 e. The highest BCUT2D eigenvalue weighted by Gasteiger charge is 2.23. The zero-order valence-electron chi connectivity index (χ0n) is 8.68. The molecule has 1 unspecified atom stereocenters. The molecule has 1 saturated heterocycles. The monoisotopic (exact) mass is 184 g/mol. The highest BCUT2D eigenvalue weighted by atomic mass is 16.1. The fourth-order valence-electron chi connectivity index (χ4n) is 1.76. The van der Waals surface area contributed by atoms with E-state index < -0.39 is 0 Å². The Morgan fingerprint density at radius 3 is 2.85 bits per heavy atom.